The van der Waals surface area contributed by atoms with Crippen molar-refractivity contribution in [3.05, 3.63) is 0 Å². The average Bonchev–Trinajstić information content (AvgIpc) is 1.87. The van der Waals surface area contributed by atoms with Gasteiger partial charge in [-0.25, -0.2) is 0 Å². The van der Waals surface area contributed by atoms with Gasteiger partial charge in [-0.1, -0.05) is 6.90 Å². The lowest BCUT2D eigenvalue weighted by atomic mass is 10.5. The smallest absolute Gasteiger partial charge is 0.305 e. The Hall–Kier alpha value is -0.530. The van der Waals surface area contributed by atoms with Crippen molar-refractivity contribution in [2.24, 2.45) is 0 Å². The fourth-order valence-corrected chi connectivity index (χ4v) is 0.201. The van der Waals surface area contributed by atoms with Gasteiger partial charge in [-0.05, 0) is 6.92 Å². The van der Waals surface area contributed by atoms with Crippen molar-refractivity contribution in [3.8, 4) is 0 Å². The molecule has 0 aromatic rings. The standard InChI is InChI=1S/C5H10O2/c1-3-5(6)7-4-2/h3-4H2,1-2H3/i1D,3D. The molecule has 0 fully saturated rings. The Balaban J connectivity index is 3.46. The Morgan fingerprint density at radius 3 is 3.29 bits per heavy atom. The molecule has 0 saturated carbocycles. The van der Waals surface area contributed by atoms with Crippen molar-refractivity contribution in [1.29, 1.82) is 0 Å². The van der Waals surface area contributed by atoms with Crippen molar-refractivity contribution in [2.75, 3.05) is 6.61 Å². The van der Waals surface area contributed by atoms with Gasteiger partial charge in [0, 0.05) is 9.14 Å². The van der Waals surface area contributed by atoms with Crippen LogP contribution in [0.2, 0.25) is 0 Å². The molecule has 0 rings (SSSR count). The first-order valence-electron chi connectivity index (χ1n) is 3.39. The van der Waals surface area contributed by atoms with Crippen LogP contribution in [-0.4, -0.2) is 12.6 Å². The third kappa shape index (κ3) is 3.30. The molecule has 0 aromatic heterocycles. The molecule has 2 heteroatoms. The zero-order chi connectivity index (χ0) is 7.28. The first-order valence-corrected chi connectivity index (χ1v) is 2.10. The van der Waals surface area contributed by atoms with Gasteiger partial charge in [0.15, 0.2) is 0 Å². The normalized spacial score (nSPS) is 16.7. The van der Waals surface area contributed by atoms with Gasteiger partial charge in [-0.3, -0.25) is 4.79 Å². The lowest BCUT2D eigenvalue weighted by Gasteiger charge is -1.93. The molecule has 2 nitrogen and oxygen atoms in total. The van der Waals surface area contributed by atoms with Crippen molar-refractivity contribution in [2.45, 2.75) is 20.2 Å². The zero-order valence-corrected chi connectivity index (χ0v) is 4.31. The number of carbonyl (C=O) groups is 1. The summed E-state index contributed by atoms with van der Waals surface area (Å²) in [6, 6.07) is 0. The van der Waals surface area contributed by atoms with Crippen molar-refractivity contribution >= 4 is 5.97 Å². The highest BCUT2D eigenvalue weighted by Gasteiger charge is 1.91. The predicted molar refractivity (Wildman–Crippen MR) is 26.9 cm³/mol. The molecule has 0 amide bonds. The summed E-state index contributed by atoms with van der Waals surface area (Å²) < 4.78 is 17.9. The molecule has 42 valence electrons. The van der Waals surface area contributed by atoms with Crippen LogP contribution in [0, 0.1) is 0 Å². The Kier molecular flexibility index (Phi) is 1.81. The lowest BCUT2D eigenvalue weighted by Crippen LogP contribution is -2.00. The number of ether oxygens (including phenoxy) is 1. The molecule has 0 aliphatic rings. The van der Waals surface area contributed by atoms with Gasteiger partial charge in [0.2, 0.25) is 0 Å². The minimum atomic E-state index is -1.02. The molecule has 0 aromatic carbocycles. The summed E-state index contributed by atoms with van der Waals surface area (Å²) in [7, 11) is 0. The zero-order valence-electron chi connectivity index (χ0n) is 6.31. The maximum atomic E-state index is 10.4. The fraction of sp³-hybridized carbons (Fsp3) is 0.800. The second kappa shape index (κ2) is 3.65. The minimum Gasteiger partial charge on any atom is -0.466 e. The molecule has 1 atom stereocenters. The molecule has 0 spiro atoms. The van der Waals surface area contributed by atoms with E-state index in [9.17, 15) is 4.79 Å². The highest BCUT2D eigenvalue weighted by Crippen LogP contribution is 1.80. The summed E-state index contributed by atoms with van der Waals surface area (Å²) in [5.74, 6) is -0.604. The average molecular weight is 104 g/mol. The van der Waals surface area contributed by atoms with Crippen LogP contribution in [0.1, 0.15) is 23.0 Å². The predicted octanol–water partition coefficient (Wildman–Crippen LogP) is 0.960. The van der Waals surface area contributed by atoms with E-state index in [2.05, 4.69) is 4.74 Å². The van der Waals surface area contributed by atoms with E-state index >= 15 is 0 Å². The summed E-state index contributed by atoms with van der Waals surface area (Å²) in [5.41, 5.74) is 0. The molecule has 0 aliphatic heterocycles. The molecule has 0 saturated heterocycles. The first kappa shape index (κ1) is 3.47. The van der Waals surface area contributed by atoms with Crippen LogP contribution in [0.4, 0.5) is 0 Å². The maximum absolute atomic E-state index is 10.4. The molecule has 7 heavy (non-hydrogen) atoms. The van der Waals surface area contributed by atoms with E-state index in [1.54, 1.807) is 6.92 Å². The van der Waals surface area contributed by atoms with Crippen molar-refractivity contribution in [1.82, 2.24) is 0 Å². The van der Waals surface area contributed by atoms with E-state index in [-0.39, 0.29) is 13.5 Å². The number of rotatable bonds is 2. The number of hydrogen-bond donors (Lipinski definition) is 0. The van der Waals surface area contributed by atoms with Crippen LogP contribution in [0.25, 0.3) is 0 Å². The monoisotopic (exact) mass is 104 g/mol. The first-order chi connectivity index (χ1) is 4.22. The molecule has 0 aliphatic carbocycles. The van der Waals surface area contributed by atoms with E-state index < -0.39 is 12.4 Å². The highest BCUT2D eigenvalue weighted by atomic mass is 16.5. The van der Waals surface area contributed by atoms with Crippen LogP contribution in [0.15, 0.2) is 0 Å². The topological polar surface area (TPSA) is 26.3 Å². The van der Waals surface area contributed by atoms with Crippen LogP contribution >= 0.6 is 0 Å². The SMILES string of the molecule is [2H]CC([2H])C(=O)OCC. The van der Waals surface area contributed by atoms with E-state index in [1.165, 1.54) is 0 Å². The molecular formula is C5H10O2. The Labute approximate surface area is 46.3 Å². The van der Waals surface area contributed by atoms with Gasteiger partial charge in [0.05, 0.1) is 6.61 Å². The Morgan fingerprint density at radius 2 is 2.86 bits per heavy atom. The number of esters is 1. The third-order valence-electron chi connectivity index (χ3n) is 0.453. The Morgan fingerprint density at radius 1 is 2.14 bits per heavy atom. The van der Waals surface area contributed by atoms with Gasteiger partial charge < -0.3 is 4.74 Å². The summed E-state index contributed by atoms with van der Waals surface area (Å²) in [4.78, 5) is 10.4. The van der Waals surface area contributed by atoms with Gasteiger partial charge in [-0.15, -0.1) is 0 Å². The van der Waals surface area contributed by atoms with Gasteiger partial charge in [-0.2, -0.15) is 0 Å². The van der Waals surface area contributed by atoms with E-state index in [0.717, 1.165) is 0 Å². The molecule has 1 unspecified atom stereocenters. The van der Waals surface area contributed by atoms with Crippen LogP contribution in [0.3, 0.4) is 0 Å². The highest BCUT2D eigenvalue weighted by molar-refractivity contribution is 5.68. The molecule has 0 heterocycles. The fourth-order valence-electron chi connectivity index (χ4n) is 0.201. The second-order valence-corrected chi connectivity index (χ2v) is 0.956. The number of hydrogen-bond acceptors (Lipinski definition) is 2. The molecule has 0 N–H and O–H groups in total. The largest absolute Gasteiger partial charge is 0.466 e. The molecular weight excluding hydrogens is 92.1 g/mol. The van der Waals surface area contributed by atoms with E-state index in [4.69, 9.17) is 2.74 Å². The molecule has 0 bridgehead atoms. The summed E-state index contributed by atoms with van der Waals surface area (Å²) in [5, 5.41) is 0. The van der Waals surface area contributed by atoms with Gasteiger partial charge in [0.25, 0.3) is 0 Å². The molecule has 0 radical (unpaired) electrons. The summed E-state index contributed by atoms with van der Waals surface area (Å²) in [6.45, 7) is 1.74. The maximum Gasteiger partial charge on any atom is 0.305 e. The van der Waals surface area contributed by atoms with E-state index in [1.807, 2.05) is 0 Å². The summed E-state index contributed by atoms with van der Waals surface area (Å²) >= 11 is 0. The van der Waals surface area contributed by atoms with Crippen molar-refractivity contribution < 1.29 is 12.3 Å². The second-order valence-electron chi connectivity index (χ2n) is 0.956. The van der Waals surface area contributed by atoms with Gasteiger partial charge >= 0.3 is 5.97 Å². The summed E-state index contributed by atoms with van der Waals surface area (Å²) in [6.07, 6.45) is -1.02. The lowest BCUT2D eigenvalue weighted by molar-refractivity contribution is -0.142. The van der Waals surface area contributed by atoms with Crippen LogP contribution in [-0.2, 0) is 9.53 Å². The van der Waals surface area contributed by atoms with Crippen LogP contribution < -0.4 is 0 Å². The quantitative estimate of drug-likeness (QED) is 0.488. The van der Waals surface area contributed by atoms with Crippen LogP contribution in [0.5, 0.6) is 0 Å². The third-order valence-corrected chi connectivity index (χ3v) is 0.453. The van der Waals surface area contributed by atoms with Gasteiger partial charge in [0.1, 0.15) is 0 Å². The number of carbonyl (C=O) groups excluding carboxylic acids is 1. The minimum absolute atomic E-state index is 0.223. The van der Waals surface area contributed by atoms with Crippen molar-refractivity contribution in [3.63, 3.8) is 0 Å². The van der Waals surface area contributed by atoms with E-state index in [0.29, 0.717) is 0 Å². The Bertz CT molecular complexity index is 95.0.